The lowest BCUT2D eigenvalue weighted by atomic mass is 9.86. The van der Waals surface area contributed by atoms with Crippen LogP contribution in [0.25, 0.3) is 0 Å². The van der Waals surface area contributed by atoms with Crippen LogP contribution in [0.5, 0.6) is 17.2 Å². The van der Waals surface area contributed by atoms with Crippen LogP contribution in [0, 0.1) is 5.53 Å². The lowest BCUT2D eigenvalue weighted by molar-refractivity contribution is -0.113. The zero-order valence-corrected chi connectivity index (χ0v) is 18.1. The van der Waals surface area contributed by atoms with Gasteiger partial charge < -0.3 is 25.2 Å². The molecule has 160 valence electrons. The van der Waals surface area contributed by atoms with Crippen LogP contribution in [-0.4, -0.2) is 25.2 Å². The molecular formula is C22H28N4O4. The number of ether oxygens (including phenoxy) is 2. The number of phenols is 1. The summed E-state index contributed by atoms with van der Waals surface area (Å²) >= 11 is 0. The Hall–Kier alpha value is -3.55. The molecule has 0 saturated heterocycles. The van der Waals surface area contributed by atoms with E-state index in [0.29, 0.717) is 28.6 Å². The van der Waals surface area contributed by atoms with Gasteiger partial charge in [0.2, 0.25) is 0 Å². The Bertz CT molecular complexity index is 978. The Morgan fingerprint density at radius 3 is 2.33 bits per heavy atom. The van der Waals surface area contributed by atoms with E-state index in [1.54, 1.807) is 44.4 Å². The van der Waals surface area contributed by atoms with Gasteiger partial charge in [0.15, 0.2) is 5.70 Å². The number of methoxy groups -OCH3 is 2. The number of allylic oxidation sites excluding steroid dienone is 1. The molecule has 0 aliphatic rings. The molecule has 0 atom stereocenters. The second-order valence-corrected chi connectivity index (χ2v) is 7.75. The van der Waals surface area contributed by atoms with E-state index in [9.17, 15) is 9.90 Å². The van der Waals surface area contributed by atoms with Crippen LogP contribution in [-0.2, 0) is 10.2 Å². The van der Waals surface area contributed by atoms with Crippen LogP contribution in [0.2, 0.25) is 0 Å². The third kappa shape index (κ3) is 5.50. The summed E-state index contributed by atoms with van der Waals surface area (Å²) in [4.78, 5) is 12.8. The molecule has 0 heterocycles. The molecule has 2 rings (SSSR count). The standard InChI is InChI=1S/C22H28N4O4/c1-13(24-18-12-17(29-5)7-8-19(18)30-6)20(26-23)21(28)25-15-9-14(22(2,3)4)10-16(27)11-15/h7-12,23-24,27H,1-6H3,(H,25,28)/b20-13-,26-23?. The molecule has 0 fully saturated rings. The van der Waals surface area contributed by atoms with Gasteiger partial charge in [0.05, 0.1) is 19.9 Å². The van der Waals surface area contributed by atoms with Crippen molar-refractivity contribution in [3.8, 4) is 17.2 Å². The average molecular weight is 412 g/mol. The van der Waals surface area contributed by atoms with Crippen molar-refractivity contribution in [3.05, 3.63) is 53.4 Å². The van der Waals surface area contributed by atoms with Gasteiger partial charge in [0.1, 0.15) is 17.2 Å². The highest BCUT2D eigenvalue weighted by molar-refractivity contribution is 6.04. The topological polar surface area (TPSA) is 116 Å². The largest absolute Gasteiger partial charge is 0.508 e. The van der Waals surface area contributed by atoms with Crippen LogP contribution >= 0.6 is 0 Å². The first-order valence-electron chi connectivity index (χ1n) is 9.32. The maximum Gasteiger partial charge on any atom is 0.277 e. The minimum Gasteiger partial charge on any atom is -0.508 e. The van der Waals surface area contributed by atoms with Gasteiger partial charge in [-0.2, -0.15) is 5.11 Å². The number of benzene rings is 2. The number of hydrogen-bond acceptors (Lipinski definition) is 7. The lowest BCUT2D eigenvalue weighted by Gasteiger charge is -2.20. The second kappa shape index (κ2) is 9.30. The molecule has 0 bridgehead atoms. The summed E-state index contributed by atoms with van der Waals surface area (Å²) < 4.78 is 10.6. The van der Waals surface area contributed by atoms with Crippen LogP contribution < -0.4 is 20.1 Å². The fourth-order valence-corrected chi connectivity index (χ4v) is 2.78. The molecule has 0 radical (unpaired) electrons. The molecule has 8 heteroatoms. The van der Waals surface area contributed by atoms with E-state index in [0.717, 1.165) is 5.56 Å². The summed E-state index contributed by atoms with van der Waals surface area (Å²) in [7, 11) is 3.08. The zero-order valence-electron chi connectivity index (χ0n) is 18.1. The van der Waals surface area contributed by atoms with Gasteiger partial charge in [-0.15, -0.1) is 0 Å². The predicted octanol–water partition coefficient (Wildman–Crippen LogP) is 5.02. The van der Waals surface area contributed by atoms with Gasteiger partial charge >= 0.3 is 0 Å². The third-order valence-electron chi connectivity index (χ3n) is 4.45. The molecule has 1 amide bonds. The highest BCUT2D eigenvalue weighted by Crippen LogP contribution is 2.31. The number of hydrogen-bond donors (Lipinski definition) is 4. The van der Waals surface area contributed by atoms with Gasteiger partial charge in [-0.1, -0.05) is 20.8 Å². The van der Waals surface area contributed by atoms with Gasteiger partial charge in [0.25, 0.3) is 5.91 Å². The molecule has 0 saturated carbocycles. The quantitative estimate of drug-likeness (QED) is 0.376. The van der Waals surface area contributed by atoms with E-state index < -0.39 is 5.91 Å². The van der Waals surface area contributed by atoms with Crippen molar-refractivity contribution in [2.75, 3.05) is 24.9 Å². The number of phenolic OH excluding ortho intramolecular Hbond substituents is 1. The molecule has 8 nitrogen and oxygen atoms in total. The van der Waals surface area contributed by atoms with Gasteiger partial charge in [-0.3, -0.25) is 4.79 Å². The van der Waals surface area contributed by atoms with E-state index in [1.165, 1.54) is 13.2 Å². The van der Waals surface area contributed by atoms with E-state index in [2.05, 4.69) is 15.7 Å². The fraction of sp³-hybridized carbons (Fsp3) is 0.318. The predicted molar refractivity (Wildman–Crippen MR) is 116 cm³/mol. The summed E-state index contributed by atoms with van der Waals surface area (Å²) in [6, 6.07) is 10.1. The van der Waals surface area contributed by atoms with E-state index >= 15 is 0 Å². The summed E-state index contributed by atoms with van der Waals surface area (Å²) in [6.45, 7) is 7.66. The summed E-state index contributed by atoms with van der Waals surface area (Å²) in [5, 5.41) is 19.2. The zero-order chi connectivity index (χ0) is 22.5. The van der Waals surface area contributed by atoms with Crippen molar-refractivity contribution in [2.45, 2.75) is 33.1 Å². The molecule has 0 aromatic heterocycles. The fourth-order valence-electron chi connectivity index (χ4n) is 2.78. The van der Waals surface area contributed by atoms with Gasteiger partial charge in [0, 0.05) is 23.5 Å². The first kappa shape index (κ1) is 22.7. The smallest absolute Gasteiger partial charge is 0.277 e. The molecule has 0 unspecified atom stereocenters. The molecule has 0 aliphatic heterocycles. The highest BCUT2D eigenvalue weighted by Gasteiger charge is 2.18. The molecule has 30 heavy (non-hydrogen) atoms. The van der Waals surface area contributed by atoms with Crippen LogP contribution in [0.3, 0.4) is 0 Å². The maximum atomic E-state index is 12.8. The Labute approximate surface area is 176 Å². The van der Waals surface area contributed by atoms with Crippen molar-refractivity contribution < 1.29 is 19.4 Å². The monoisotopic (exact) mass is 412 g/mol. The molecule has 0 spiro atoms. The van der Waals surface area contributed by atoms with Crippen LogP contribution in [0.1, 0.15) is 33.3 Å². The number of anilines is 2. The van der Waals surface area contributed by atoms with Gasteiger partial charge in [-0.05, 0) is 42.2 Å². The number of carbonyl (C=O) groups is 1. The molecular weight excluding hydrogens is 384 g/mol. The maximum absolute atomic E-state index is 12.8. The number of rotatable bonds is 7. The first-order chi connectivity index (χ1) is 14.1. The van der Waals surface area contributed by atoms with Gasteiger partial charge in [-0.25, -0.2) is 5.53 Å². The molecule has 0 aliphatic carbocycles. The Morgan fingerprint density at radius 1 is 1.07 bits per heavy atom. The molecule has 2 aromatic carbocycles. The van der Waals surface area contributed by atoms with Crippen LogP contribution in [0.15, 0.2) is 52.9 Å². The minimum absolute atomic E-state index is 0.0435. The number of carbonyl (C=O) groups excluding carboxylic acids is 1. The Morgan fingerprint density at radius 2 is 1.77 bits per heavy atom. The van der Waals surface area contributed by atoms with Crippen LogP contribution in [0.4, 0.5) is 11.4 Å². The van der Waals surface area contributed by atoms with Crippen molar-refractivity contribution in [1.82, 2.24) is 0 Å². The number of nitrogens with zero attached hydrogens (tertiary/aromatic N) is 1. The van der Waals surface area contributed by atoms with Crippen molar-refractivity contribution in [3.63, 3.8) is 0 Å². The summed E-state index contributed by atoms with van der Waals surface area (Å²) in [6.07, 6.45) is 0. The Kier molecular flexibility index (Phi) is 7.05. The van der Waals surface area contributed by atoms with E-state index in [4.69, 9.17) is 15.0 Å². The molecule has 2 aromatic rings. The lowest BCUT2D eigenvalue weighted by Crippen LogP contribution is -2.18. The normalized spacial score (nSPS) is 11.9. The first-order valence-corrected chi connectivity index (χ1v) is 9.32. The third-order valence-corrected chi connectivity index (χ3v) is 4.45. The Balaban J connectivity index is 2.33. The van der Waals surface area contributed by atoms with Crippen molar-refractivity contribution in [2.24, 2.45) is 5.11 Å². The number of aromatic hydroxyl groups is 1. The minimum atomic E-state index is -0.581. The van der Waals surface area contributed by atoms with E-state index in [-0.39, 0.29) is 16.9 Å². The summed E-state index contributed by atoms with van der Waals surface area (Å²) in [5.41, 5.74) is 9.35. The van der Waals surface area contributed by atoms with Crippen molar-refractivity contribution >= 4 is 17.3 Å². The SMILES string of the molecule is COc1ccc(OC)c(N/C(C)=C(\N=N)C(=O)Nc2cc(O)cc(C(C)(C)C)c2)c1. The number of amides is 1. The highest BCUT2D eigenvalue weighted by atomic mass is 16.5. The summed E-state index contributed by atoms with van der Waals surface area (Å²) in [5.74, 6) is 0.612. The molecule has 4 N–H and O–H groups in total. The van der Waals surface area contributed by atoms with E-state index in [1.807, 2.05) is 20.8 Å². The van der Waals surface area contributed by atoms with Crippen molar-refractivity contribution in [1.29, 1.82) is 5.53 Å². The number of nitrogens with one attached hydrogen (secondary N) is 3. The second-order valence-electron chi connectivity index (χ2n) is 7.75. The average Bonchev–Trinajstić information content (AvgIpc) is 2.67.